The second-order valence-electron chi connectivity index (χ2n) is 12.6. The summed E-state index contributed by atoms with van der Waals surface area (Å²) in [5.74, 6) is -0.731. The van der Waals surface area contributed by atoms with Crippen LogP contribution in [0.2, 0.25) is 0 Å². The van der Waals surface area contributed by atoms with Crippen LogP contribution in [0.5, 0.6) is 5.88 Å². The summed E-state index contributed by atoms with van der Waals surface area (Å²) in [4.78, 5) is 32.9. The minimum absolute atomic E-state index is 0.0362. The molecule has 0 aliphatic heterocycles. The molecule has 316 valence electrons. The highest BCUT2D eigenvalue weighted by atomic mass is 32.1. The topological polar surface area (TPSA) is 342 Å². The number of hydrogen-bond donors (Lipinski definition) is 5. The van der Waals surface area contributed by atoms with Gasteiger partial charge in [0.1, 0.15) is 34.9 Å². The summed E-state index contributed by atoms with van der Waals surface area (Å²) in [6.07, 6.45) is 4.39. The maximum Gasteiger partial charge on any atom is 0.303 e. The van der Waals surface area contributed by atoms with E-state index < -0.39 is 17.4 Å². The number of aromatic nitrogens is 9. The monoisotopic (exact) mass is 853 g/mol. The van der Waals surface area contributed by atoms with E-state index >= 15 is 0 Å². The normalized spacial score (nSPS) is 11.2. The van der Waals surface area contributed by atoms with Crippen LogP contribution >= 0.6 is 11.3 Å². The van der Waals surface area contributed by atoms with Gasteiger partial charge in [-0.3, -0.25) is 14.2 Å². The molecule has 0 unspecified atom stereocenters. The SMILES string of the molecule is CNc1nc(NCCCOC)c(N=Nc2nn(-c3nnc(-n4cc(C#N)c(N=Nc5c(C)c(C#N)c(=O)n(CCCCC(=O)O)c5O)n4)s3)cc2C#N)c(NCCCOC)n1. The van der Waals surface area contributed by atoms with E-state index in [-0.39, 0.29) is 81.3 Å². The number of ether oxygens (including phenoxy) is 2. The van der Waals surface area contributed by atoms with E-state index in [1.807, 2.05) is 12.1 Å². The van der Waals surface area contributed by atoms with Crippen LogP contribution in [0.25, 0.3) is 10.3 Å². The molecule has 25 nitrogen and oxygen atoms in total. The molecule has 0 atom stereocenters. The van der Waals surface area contributed by atoms with Crippen molar-refractivity contribution in [1.29, 1.82) is 15.8 Å². The standard InChI is InChI=1S/C35H39N19O6S/c1-20-23(17-38)31(57)52(12-6-5-9-24(55)56)32(58)25(20)44-46-27-21(15-36)18-53(50-27)34-48-49-35(61-34)54-19-22(16-37)28(51-54)47-45-26-29(40-10-7-13-59-3)42-33(39-2)43-30(26)41-11-8-14-60-4/h18-19,58H,5-14H2,1-4H3,(H,55,56)(H3,39,40,41,42,43). The number of unbranched alkanes of at least 4 members (excludes halogenated alkanes) is 1. The number of aromatic hydroxyl groups is 1. The molecule has 0 spiro atoms. The quantitative estimate of drug-likeness (QED) is 0.0472. The lowest BCUT2D eigenvalue weighted by Crippen LogP contribution is -2.24. The predicted octanol–water partition coefficient (Wildman–Crippen LogP) is 4.51. The first-order chi connectivity index (χ1) is 29.6. The number of methoxy groups -OCH3 is 2. The van der Waals surface area contributed by atoms with Crippen molar-refractivity contribution < 1.29 is 24.5 Å². The number of nitrogens with zero attached hydrogens (tertiary/aromatic N) is 16. The first-order valence-corrected chi connectivity index (χ1v) is 19.2. The number of aliphatic carboxylic acids is 1. The lowest BCUT2D eigenvalue weighted by Gasteiger charge is -2.14. The smallest absolute Gasteiger partial charge is 0.303 e. The molecule has 0 fully saturated rings. The summed E-state index contributed by atoms with van der Waals surface area (Å²) >= 11 is 0.990. The summed E-state index contributed by atoms with van der Waals surface area (Å²) in [6.45, 7) is 3.39. The van der Waals surface area contributed by atoms with Crippen molar-refractivity contribution in [2.75, 3.05) is 63.5 Å². The van der Waals surface area contributed by atoms with Gasteiger partial charge in [-0.2, -0.15) is 25.8 Å². The molecule has 61 heavy (non-hydrogen) atoms. The Labute approximate surface area is 350 Å². The molecule has 0 saturated heterocycles. The Morgan fingerprint density at radius 2 is 1.38 bits per heavy atom. The summed E-state index contributed by atoms with van der Waals surface area (Å²) in [5, 5.41) is 93.0. The number of carboxylic acid groups (broad SMARTS) is 1. The number of rotatable bonds is 22. The van der Waals surface area contributed by atoms with E-state index in [9.17, 15) is 30.5 Å². The van der Waals surface area contributed by atoms with Gasteiger partial charge in [0.2, 0.25) is 33.7 Å². The molecule has 5 rings (SSSR count). The number of anilines is 3. The average Bonchev–Trinajstić information content (AvgIpc) is 4.02. The highest BCUT2D eigenvalue weighted by Crippen LogP contribution is 2.35. The third kappa shape index (κ3) is 10.9. The summed E-state index contributed by atoms with van der Waals surface area (Å²) in [5.41, 5.74) is -0.925. The summed E-state index contributed by atoms with van der Waals surface area (Å²) in [6, 6.07) is 5.83. The van der Waals surface area contributed by atoms with Gasteiger partial charge in [-0.15, -0.1) is 40.9 Å². The highest BCUT2D eigenvalue weighted by molar-refractivity contribution is 7.16. The van der Waals surface area contributed by atoms with Gasteiger partial charge in [-0.05, 0) is 32.6 Å². The second kappa shape index (κ2) is 21.3. The third-order valence-corrected chi connectivity index (χ3v) is 9.35. The van der Waals surface area contributed by atoms with Crippen LogP contribution in [0.3, 0.4) is 0 Å². The van der Waals surface area contributed by atoms with Crippen LogP contribution in [0.1, 0.15) is 54.4 Å². The van der Waals surface area contributed by atoms with E-state index in [4.69, 9.17) is 14.6 Å². The molecule has 0 amide bonds. The summed E-state index contributed by atoms with van der Waals surface area (Å²) < 4.78 is 13.7. The van der Waals surface area contributed by atoms with Gasteiger partial charge in [-0.1, -0.05) is 11.3 Å². The van der Waals surface area contributed by atoms with Gasteiger partial charge in [0, 0.05) is 66.1 Å². The van der Waals surface area contributed by atoms with E-state index in [0.29, 0.717) is 56.7 Å². The van der Waals surface area contributed by atoms with Gasteiger partial charge >= 0.3 is 5.97 Å². The Morgan fingerprint density at radius 3 is 1.85 bits per heavy atom. The second-order valence-corrected chi connectivity index (χ2v) is 13.5. The molecule has 5 heterocycles. The lowest BCUT2D eigenvalue weighted by atomic mass is 10.1. The first kappa shape index (κ1) is 44.4. The van der Waals surface area contributed by atoms with Gasteiger partial charge < -0.3 is 35.6 Å². The number of nitriles is 3. The molecule has 5 aromatic heterocycles. The Balaban J connectivity index is 1.42. The molecular formula is C35H39N19O6S. The van der Waals surface area contributed by atoms with E-state index in [1.54, 1.807) is 21.3 Å². The van der Waals surface area contributed by atoms with Gasteiger partial charge in [-0.25, -0.2) is 9.36 Å². The fourth-order valence-corrected chi connectivity index (χ4v) is 6.08. The number of carboxylic acids is 1. The number of carbonyl (C=O) groups is 1. The van der Waals surface area contributed by atoms with Crippen molar-refractivity contribution in [3.8, 4) is 34.4 Å². The van der Waals surface area contributed by atoms with E-state index in [1.165, 1.54) is 28.7 Å². The molecule has 0 bridgehead atoms. The Morgan fingerprint density at radius 1 is 0.836 bits per heavy atom. The molecule has 0 saturated carbocycles. The molecule has 5 N–H and O–H groups in total. The van der Waals surface area contributed by atoms with Gasteiger partial charge in [0.15, 0.2) is 23.0 Å². The predicted molar refractivity (Wildman–Crippen MR) is 217 cm³/mol. The zero-order valence-electron chi connectivity index (χ0n) is 33.3. The van der Waals surface area contributed by atoms with Gasteiger partial charge in [0.25, 0.3) is 5.56 Å². The minimum Gasteiger partial charge on any atom is -0.493 e. The van der Waals surface area contributed by atoms with Crippen molar-refractivity contribution in [2.24, 2.45) is 20.5 Å². The van der Waals surface area contributed by atoms with Crippen LogP contribution in [0.4, 0.5) is 40.6 Å². The lowest BCUT2D eigenvalue weighted by molar-refractivity contribution is -0.137. The molecule has 26 heteroatoms. The molecule has 5 aromatic rings. The minimum atomic E-state index is -1.01. The molecular weight excluding hydrogens is 815 g/mol. The largest absolute Gasteiger partial charge is 0.493 e. The fourth-order valence-electron chi connectivity index (χ4n) is 5.38. The van der Waals surface area contributed by atoms with Crippen molar-refractivity contribution in [1.82, 2.24) is 44.3 Å². The van der Waals surface area contributed by atoms with E-state index in [2.05, 4.69) is 72.8 Å². The van der Waals surface area contributed by atoms with Crippen LogP contribution in [-0.4, -0.2) is 108 Å². The number of azo groups is 2. The fraction of sp³-hybridized carbons (Fsp3) is 0.400. The zero-order chi connectivity index (χ0) is 43.9. The average molecular weight is 854 g/mol. The molecule has 0 aromatic carbocycles. The number of hydrogen-bond acceptors (Lipinski definition) is 22. The maximum atomic E-state index is 12.9. The molecule has 0 aliphatic rings. The Kier molecular flexibility index (Phi) is 15.5. The third-order valence-electron chi connectivity index (χ3n) is 8.45. The number of pyridine rings is 1. The molecule has 0 aliphatic carbocycles. The molecule has 0 radical (unpaired) electrons. The van der Waals surface area contributed by atoms with Crippen LogP contribution in [0.15, 0.2) is 37.6 Å². The van der Waals surface area contributed by atoms with Crippen LogP contribution in [0, 0.1) is 40.9 Å². The van der Waals surface area contributed by atoms with Gasteiger partial charge in [0.05, 0.1) is 12.4 Å². The Bertz CT molecular complexity index is 2580. The van der Waals surface area contributed by atoms with Crippen molar-refractivity contribution in [3.05, 3.63) is 45.0 Å². The maximum absolute atomic E-state index is 12.9. The van der Waals surface area contributed by atoms with Crippen LogP contribution in [-0.2, 0) is 20.8 Å². The zero-order valence-corrected chi connectivity index (χ0v) is 34.1. The first-order valence-electron chi connectivity index (χ1n) is 18.4. The van der Waals surface area contributed by atoms with E-state index in [0.717, 1.165) is 15.9 Å². The van der Waals surface area contributed by atoms with Crippen LogP contribution < -0.4 is 21.5 Å². The van der Waals surface area contributed by atoms with Crippen molar-refractivity contribution in [2.45, 2.75) is 45.6 Å². The Hall–Kier alpha value is -7.73. The highest BCUT2D eigenvalue weighted by Gasteiger charge is 2.22. The van der Waals surface area contributed by atoms with Crippen molar-refractivity contribution >= 4 is 57.9 Å². The van der Waals surface area contributed by atoms with Crippen molar-refractivity contribution in [3.63, 3.8) is 0 Å². The number of nitrogens with one attached hydrogen (secondary N) is 3. The summed E-state index contributed by atoms with van der Waals surface area (Å²) in [7, 11) is 4.91.